The highest BCUT2D eigenvalue weighted by Crippen LogP contribution is 2.22. The molecule has 0 radical (unpaired) electrons. The maximum absolute atomic E-state index is 13.5. The first-order valence-electron chi connectivity index (χ1n) is 5.71. The van der Waals surface area contributed by atoms with Crippen molar-refractivity contribution in [2.24, 2.45) is 0 Å². The van der Waals surface area contributed by atoms with Gasteiger partial charge in [-0.2, -0.15) is 0 Å². The molecule has 2 aromatic rings. The molecule has 3 nitrogen and oxygen atoms in total. The fourth-order valence-electron chi connectivity index (χ4n) is 2.27. The minimum absolute atomic E-state index is 0.260. The smallest absolute Gasteiger partial charge is 0.173 e. The molecule has 1 saturated heterocycles. The third-order valence-electron chi connectivity index (χ3n) is 3.12. The highest BCUT2D eigenvalue weighted by molar-refractivity contribution is 5.41. The summed E-state index contributed by atoms with van der Waals surface area (Å²) < 4.78 is 15.2. The Bertz CT molecular complexity index is 500. The van der Waals surface area contributed by atoms with Crippen LogP contribution in [0.3, 0.4) is 0 Å². The summed E-state index contributed by atoms with van der Waals surface area (Å²) in [6.07, 6.45) is 7.27. The summed E-state index contributed by atoms with van der Waals surface area (Å²) in [5.41, 5.74) is 1.37. The van der Waals surface area contributed by atoms with Crippen LogP contribution in [0.5, 0.6) is 0 Å². The monoisotopic (exact) mass is 219 g/mol. The van der Waals surface area contributed by atoms with Crippen molar-refractivity contribution in [1.82, 2.24) is 14.7 Å². The zero-order chi connectivity index (χ0) is 11.0. The molecule has 2 aromatic heterocycles. The Hall–Kier alpha value is -1.42. The van der Waals surface area contributed by atoms with Crippen LogP contribution in [0.2, 0.25) is 0 Å². The van der Waals surface area contributed by atoms with Crippen LogP contribution in [-0.4, -0.2) is 15.9 Å². The number of fused-ring (bicyclic) bond motifs is 1. The first-order chi connectivity index (χ1) is 7.84. The number of rotatable bonds is 1. The number of nitrogens with zero attached hydrogens (tertiary/aromatic N) is 2. The van der Waals surface area contributed by atoms with E-state index in [-0.39, 0.29) is 11.9 Å². The molecule has 1 aliphatic rings. The van der Waals surface area contributed by atoms with Crippen molar-refractivity contribution in [3.63, 3.8) is 0 Å². The van der Waals surface area contributed by atoms with Crippen molar-refractivity contribution in [3.8, 4) is 0 Å². The quantitative estimate of drug-likeness (QED) is 0.797. The number of halogens is 1. The zero-order valence-electron chi connectivity index (χ0n) is 8.99. The van der Waals surface area contributed by atoms with Gasteiger partial charge in [0.1, 0.15) is 0 Å². The van der Waals surface area contributed by atoms with Crippen LogP contribution in [0.1, 0.15) is 31.0 Å². The van der Waals surface area contributed by atoms with E-state index in [4.69, 9.17) is 0 Å². The Balaban J connectivity index is 2.01. The SMILES string of the molecule is Fc1cccn2cc(C3CCCCN3)nc12. The summed E-state index contributed by atoms with van der Waals surface area (Å²) >= 11 is 0. The number of nitrogens with one attached hydrogen (secondary N) is 1. The van der Waals surface area contributed by atoms with Gasteiger partial charge >= 0.3 is 0 Å². The molecule has 0 amide bonds. The summed E-state index contributed by atoms with van der Waals surface area (Å²) in [5.74, 6) is -0.260. The first kappa shape index (κ1) is 9.78. The van der Waals surface area contributed by atoms with E-state index in [1.807, 2.05) is 12.4 Å². The standard InChI is InChI=1S/C12H14FN3/c13-9-4-3-7-16-8-11(15-12(9)16)10-5-1-2-6-14-10/h3-4,7-8,10,14H,1-2,5-6H2. The average molecular weight is 219 g/mol. The van der Waals surface area contributed by atoms with Crippen LogP contribution in [-0.2, 0) is 0 Å². The Morgan fingerprint density at radius 3 is 3.12 bits per heavy atom. The number of pyridine rings is 1. The maximum atomic E-state index is 13.5. The number of hydrogen-bond donors (Lipinski definition) is 1. The van der Waals surface area contributed by atoms with Crippen molar-refractivity contribution < 1.29 is 4.39 Å². The summed E-state index contributed by atoms with van der Waals surface area (Å²) in [6, 6.07) is 3.43. The highest BCUT2D eigenvalue weighted by atomic mass is 19.1. The predicted octanol–water partition coefficient (Wildman–Crippen LogP) is 2.29. The molecule has 0 aromatic carbocycles. The molecule has 1 aliphatic heterocycles. The fraction of sp³-hybridized carbons (Fsp3) is 0.417. The van der Waals surface area contributed by atoms with Gasteiger partial charge in [-0.15, -0.1) is 0 Å². The van der Waals surface area contributed by atoms with E-state index in [1.54, 1.807) is 10.5 Å². The largest absolute Gasteiger partial charge is 0.309 e. The number of aromatic nitrogens is 2. The van der Waals surface area contributed by atoms with E-state index in [9.17, 15) is 4.39 Å². The number of piperidine rings is 1. The Labute approximate surface area is 93.3 Å². The van der Waals surface area contributed by atoms with Crippen molar-refractivity contribution >= 4 is 5.65 Å². The molecule has 0 saturated carbocycles. The van der Waals surface area contributed by atoms with Gasteiger partial charge < -0.3 is 9.72 Å². The first-order valence-corrected chi connectivity index (χ1v) is 5.71. The van der Waals surface area contributed by atoms with Gasteiger partial charge in [0.05, 0.1) is 11.7 Å². The van der Waals surface area contributed by atoms with E-state index in [2.05, 4.69) is 10.3 Å². The minimum atomic E-state index is -0.260. The van der Waals surface area contributed by atoms with Crippen LogP contribution in [0.25, 0.3) is 5.65 Å². The molecule has 4 heteroatoms. The lowest BCUT2D eigenvalue weighted by molar-refractivity contribution is 0.406. The van der Waals surface area contributed by atoms with Crippen molar-refractivity contribution in [3.05, 3.63) is 36.0 Å². The van der Waals surface area contributed by atoms with Gasteiger partial charge in [-0.05, 0) is 31.5 Å². The second-order valence-electron chi connectivity index (χ2n) is 4.26. The van der Waals surface area contributed by atoms with Crippen LogP contribution >= 0.6 is 0 Å². The highest BCUT2D eigenvalue weighted by Gasteiger charge is 2.18. The van der Waals surface area contributed by atoms with Crippen molar-refractivity contribution in [2.45, 2.75) is 25.3 Å². The van der Waals surface area contributed by atoms with E-state index >= 15 is 0 Å². The van der Waals surface area contributed by atoms with Gasteiger partial charge in [-0.1, -0.05) is 6.42 Å². The van der Waals surface area contributed by atoms with Crippen LogP contribution in [0, 0.1) is 5.82 Å². The molecule has 3 rings (SSSR count). The van der Waals surface area contributed by atoms with Gasteiger partial charge in [0.2, 0.25) is 0 Å². The topological polar surface area (TPSA) is 29.3 Å². The van der Waals surface area contributed by atoms with Gasteiger partial charge in [0.15, 0.2) is 11.5 Å². The molecular formula is C12H14FN3. The Kier molecular flexibility index (Phi) is 2.36. The summed E-state index contributed by atoms with van der Waals surface area (Å²) in [5, 5.41) is 3.42. The van der Waals surface area contributed by atoms with Crippen LogP contribution in [0.4, 0.5) is 4.39 Å². The fourth-order valence-corrected chi connectivity index (χ4v) is 2.27. The lowest BCUT2D eigenvalue weighted by Crippen LogP contribution is -2.26. The predicted molar refractivity (Wildman–Crippen MR) is 59.7 cm³/mol. The van der Waals surface area contributed by atoms with Gasteiger partial charge in [0, 0.05) is 12.4 Å². The molecule has 0 spiro atoms. The Morgan fingerprint density at radius 2 is 2.38 bits per heavy atom. The van der Waals surface area contributed by atoms with Gasteiger partial charge in [-0.25, -0.2) is 9.37 Å². The molecule has 0 aliphatic carbocycles. The lowest BCUT2D eigenvalue weighted by atomic mass is 10.0. The molecule has 1 unspecified atom stereocenters. The van der Waals surface area contributed by atoms with Crippen LogP contribution in [0.15, 0.2) is 24.5 Å². The average Bonchev–Trinajstić information content (AvgIpc) is 2.76. The molecule has 1 fully saturated rings. The van der Waals surface area contributed by atoms with Crippen molar-refractivity contribution in [1.29, 1.82) is 0 Å². The van der Waals surface area contributed by atoms with Crippen molar-refractivity contribution in [2.75, 3.05) is 6.54 Å². The van der Waals surface area contributed by atoms with E-state index in [0.29, 0.717) is 5.65 Å². The second-order valence-corrected chi connectivity index (χ2v) is 4.26. The third kappa shape index (κ3) is 1.59. The third-order valence-corrected chi connectivity index (χ3v) is 3.12. The van der Waals surface area contributed by atoms with Gasteiger partial charge in [0.25, 0.3) is 0 Å². The Morgan fingerprint density at radius 1 is 1.44 bits per heavy atom. The minimum Gasteiger partial charge on any atom is -0.309 e. The van der Waals surface area contributed by atoms with Gasteiger partial charge in [-0.3, -0.25) is 0 Å². The number of hydrogen-bond acceptors (Lipinski definition) is 2. The molecular weight excluding hydrogens is 205 g/mol. The van der Waals surface area contributed by atoms with E-state index in [0.717, 1.165) is 18.7 Å². The lowest BCUT2D eigenvalue weighted by Gasteiger charge is -2.21. The summed E-state index contributed by atoms with van der Waals surface area (Å²) in [7, 11) is 0. The van der Waals surface area contributed by atoms with E-state index in [1.165, 1.54) is 18.9 Å². The summed E-state index contributed by atoms with van der Waals surface area (Å²) in [6.45, 7) is 1.03. The number of imidazole rings is 1. The molecule has 1 N–H and O–H groups in total. The zero-order valence-corrected chi connectivity index (χ0v) is 8.99. The molecule has 0 bridgehead atoms. The summed E-state index contributed by atoms with van der Waals surface area (Å²) in [4.78, 5) is 4.36. The molecule has 3 heterocycles. The normalized spacial score (nSPS) is 21.4. The van der Waals surface area contributed by atoms with Crippen LogP contribution < -0.4 is 5.32 Å². The molecule has 1 atom stereocenters. The second kappa shape index (κ2) is 3.87. The maximum Gasteiger partial charge on any atom is 0.173 e. The molecule has 84 valence electrons. The molecule has 16 heavy (non-hydrogen) atoms. The van der Waals surface area contributed by atoms with E-state index < -0.39 is 0 Å².